The number of benzene rings is 3. The first-order chi connectivity index (χ1) is 15.0. The second kappa shape index (κ2) is 8.66. The summed E-state index contributed by atoms with van der Waals surface area (Å²) in [5.74, 6) is 0.396. The number of nitrogens with zero attached hydrogens (tertiary/aromatic N) is 2. The molecule has 0 aliphatic rings. The number of para-hydroxylation sites is 3. The van der Waals surface area contributed by atoms with Crippen LogP contribution in [0, 0.1) is 10.1 Å². The Labute approximate surface area is 177 Å². The van der Waals surface area contributed by atoms with E-state index in [2.05, 4.69) is 15.3 Å². The Hall–Kier alpha value is -4.20. The van der Waals surface area contributed by atoms with E-state index in [0.29, 0.717) is 17.8 Å². The summed E-state index contributed by atoms with van der Waals surface area (Å²) in [5.41, 5.74) is 2.78. The van der Waals surface area contributed by atoms with Crippen molar-refractivity contribution >= 4 is 22.6 Å². The average Bonchev–Trinajstić information content (AvgIpc) is 3.19. The van der Waals surface area contributed by atoms with E-state index in [9.17, 15) is 20.0 Å². The molecule has 31 heavy (non-hydrogen) atoms. The summed E-state index contributed by atoms with van der Waals surface area (Å²) in [7, 11) is 0. The first-order valence-corrected chi connectivity index (χ1v) is 9.74. The number of nitro benzene ring substituents is 1. The van der Waals surface area contributed by atoms with Gasteiger partial charge in [-0.3, -0.25) is 14.9 Å². The van der Waals surface area contributed by atoms with Gasteiger partial charge in [0.1, 0.15) is 11.6 Å². The van der Waals surface area contributed by atoms with Crippen LogP contribution in [0.25, 0.3) is 11.0 Å². The van der Waals surface area contributed by atoms with Gasteiger partial charge in [-0.15, -0.1) is 0 Å². The van der Waals surface area contributed by atoms with Crippen LogP contribution in [0.5, 0.6) is 5.75 Å². The van der Waals surface area contributed by atoms with Gasteiger partial charge in [-0.25, -0.2) is 4.98 Å². The first-order valence-electron chi connectivity index (χ1n) is 9.74. The zero-order valence-electron chi connectivity index (χ0n) is 16.5. The van der Waals surface area contributed by atoms with E-state index in [0.717, 1.165) is 16.6 Å². The highest BCUT2D eigenvalue weighted by Gasteiger charge is 2.21. The van der Waals surface area contributed by atoms with Gasteiger partial charge in [-0.1, -0.05) is 42.5 Å². The molecule has 3 N–H and O–H groups in total. The van der Waals surface area contributed by atoms with E-state index in [4.69, 9.17) is 0 Å². The van der Waals surface area contributed by atoms with Crippen LogP contribution in [0.1, 0.15) is 23.0 Å². The number of phenols is 1. The Balaban J connectivity index is 1.60. The van der Waals surface area contributed by atoms with Crippen molar-refractivity contribution in [2.45, 2.75) is 18.9 Å². The zero-order valence-corrected chi connectivity index (χ0v) is 16.5. The van der Waals surface area contributed by atoms with Crippen LogP contribution in [-0.4, -0.2) is 25.9 Å². The Morgan fingerprint density at radius 2 is 1.77 bits per heavy atom. The molecular weight excluding hydrogens is 396 g/mol. The fraction of sp³-hybridized carbons (Fsp3) is 0.130. The molecule has 3 aromatic carbocycles. The maximum atomic E-state index is 12.8. The lowest BCUT2D eigenvalue weighted by molar-refractivity contribution is -0.385. The number of fused-ring (bicyclic) bond motifs is 1. The minimum Gasteiger partial charge on any atom is -0.508 e. The van der Waals surface area contributed by atoms with Crippen molar-refractivity contribution in [2.75, 3.05) is 0 Å². The van der Waals surface area contributed by atoms with Crippen LogP contribution < -0.4 is 5.32 Å². The van der Waals surface area contributed by atoms with Crippen LogP contribution in [0.2, 0.25) is 0 Å². The molecule has 1 aromatic heterocycles. The van der Waals surface area contributed by atoms with Crippen molar-refractivity contribution in [3.8, 4) is 5.75 Å². The molecule has 0 radical (unpaired) electrons. The van der Waals surface area contributed by atoms with Crippen molar-refractivity contribution < 1.29 is 14.8 Å². The Kier molecular flexibility index (Phi) is 5.61. The molecule has 4 rings (SSSR count). The maximum absolute atomic E-state index is 12.8. The van der Waals surface area contributed by atoms with E-state index in [-0.39, 0.29) is 23.8 Å². The summed E-state index contributed by atoms with van der Waals surface area (Å²) >= 11 is 0. The molecule has 1 atom stereocenters. The third-order valence-corrected chi connectivity index (χ3v) is 4.99. The molecule has 0 aliphatic heterocycles. The molecule has 8 heteroatoms. The highest BCUT2D eigenvalue weighted by Crippen LogP contribution is 2.22. The number of aromatic nitrogens is 2. The predicted molar refractivity (Wildman–Crippen MR) is 116 cm³/mol. The Morgan fingerprint density at radius 1 is 1.06 bits per heavy atom. The molecule has 156 valence electrons. The van der Waals surface area contributed by atoms with Gasteiger partial charge in [0.2, 0.25) is 5.91 Å². The number of amides is 1. The standard InChI is InChI=1S/C23H20N4O4/c28-17-11-9-15(10-12-17)13-20(23-25-18-6-2-3-7-19(18)26-23)24-22(29)14-16-5-1-4-8-21(16)27(30)31/h1-12,20,28H,13-14H2,(H,24,29)(H,25,26)/t20-/m1/s1. The predicted octanol–water partition coefficient (Wildman–Crippen LogP) is 3.82. The molecule has 0 spiro atoms. The van der Waals surface area contributed by atoms with Gasteiger partial charge in [0, 0.05) is 11.6 Å². The molecule has 0 bridgehead atoms. The smallest absolute Gasteiger partial charge is 0.273 e. The largest absolute Gasteiger partial charge is 0.508 e. The molecule has 0 unspecified atom stereocenters. The monoisotopic (exact) mass is 416 g/mol. The Morgan fingerprint density at radius 3 is 2.52 bits per heavy atom. The number of H-pyrrole nitrogens is 1. The summed E-state index contributed by atoms with van der Waals surface area (Å²) in [4.78, 5) is 31.4. The lowest BCUT2D eigenvalue weighted by Gasteiger charge is -2.17. The molecule has 8 nitrogen and oxygen atoms in total. The summed E-state index contributed by atoms with van der Waals surface area (Å²) in [5, 5.41) is 23.7. The van der Waals surface area contributed by atoms with Gasteiger partial charge in [0.15, 0.2) is 0 Å². The van der Waals surface area contributed by atoms with Gasteiger partial charge in [-0.2, -0.15) is 0 Å². The number of hydrogen-bond acceptors (Lipinski definition) is 5. The summed E-state index contributed by atoms with van der Waals surface area (Å²) in [6.45, 7) is 0. The second-order valence-corrected chi connectivity index (χ2v) is 7.19. The number of aromatic amines is 1. The van der Waals surface area contributed by atoms with Crippen molar-refractivity contribution in [2.24, 2.45) is 0 Å². The fourth-order valence-electron chi connectivity index (χ4n) is 3.48. The number of carbonyl (C=O) groups excluding carboxylic acids is 1. The summed E-state index contributed by atoms with van der Waals surface area (Å²) < 4.78 is 0. The van der Waals surface area contributed by atoms with Crippen molar-refractivity contribution in [3.05, 3.63) is 99.9 Å². The van der Waals surface area contributed by atoms with Crippen LogP contribution in [0.15, 0.2) is 72.8 Å². The molecule has 0 fully saturated rings. The lowest BCUT2D eigenvalue weighted by atomic mass is 10.0. The van der Waals surface area contributed by atoms with Gasteiger partial charge in [0.05, 0.1) is 28.4 Å². The average molecular weight is 416 g/mol. The number of hydrogen-bond donors (Lipinski definition) is 3. The molecule has 0 saturated heterocycles. The van der Waals surface area contributed by atoms with Crippen LogP contribution in [0.3, 0.4) is 0 Å². The topological polar surface area (TPSA) is 121 Å². The third-order valence-electron chi connectivity index (χ3n) is 4.99. The highest BCUT2D eigenvalue weighted by atomic mass is 16.6. The molecule has 0 saturated carbocycles. The number of aromatic hydroxyl groups is 1. The molecule has 1 amide bonds. The quantitative estimate of drug-likeness (QED) is 0.312. The van der Waals surface area contributed by atoms with Gasteiger partial charge in [-0.05, 0) is 36.2 Å². The third kappa shape index (κ3) is 4.69. The highest BCUT2D eigenvalue weighted by molar-refractivity contribution is 5.80. The SMILES string of the molecule is O=C(Cc1ccccc1[N+](=O)[O-])N[C@H](Cc1ccc(O)cc1)c1nc2ccccc2[nH]1. The van der Waals surface area contributed by atoms with Crippen molar-refractivity contribution in [3.63, 3.8) is 0 Å². The zero-order chi connectivity index (χ0) is 21.8. The second-order valence-electron chi connectivity index (χ2n) is 7.19. The van der Waals surface area contributed by atoms with Crippen LogP contribution in [0.4, 0.5) is 5.69 Å². The number of nitrogens with one attached hydrogen (secondary N) is 2. The van der Waals surface area contributed by atoms with E-state index in [1.807, 2.05) is 24.3 Å². The lowest BCUT2D eigenvalue weighted by Crippen LogP contribution is -2.32. The van der Waals surface area contributed by atoms with Gasteiger partial charge >= 0.3 is 0 Å². The molecule has 0 aliphatic carbocycles. The minimum absolute atomic E-state index is 0.0866. The van der Waals surface area contributed by atoms with E-state index in [1.54, 1.807) is 42.5 Å². The maximum Gasteiger partial charge on any atom is 0.273 e. The van der Waals surface area contributed by atoms with E-state index in [1.165, 1.54) is 6.07 Å². The number of nitro groups is 1. The van der Waals surface area contributed by atoms with Crippen LogP contribution >= 0.6 is 0 Å². The summed E-state index contributed by atoms with van der Waals surface area (Å²) in [6, 6.07) is 20.0. The summed E-state index contributed by atoms with van der Waals surface area (Å²) in [6.07, 6.45) is 0.312. The molecule has 4 aromatic rings. The van der Waals surface area contributed by atoms with Gasteiger partial charge in [0.25, 0.3) is 5.69 Å². The minimum atomic E-state index is -0.490. The van der Waals surface area contributed by atoms with E-state index < -0.39 is 11.0 Å². The van der Waals surface area contributed by atoms with Crippen molar-refractivity contribution in [1.29, 1.82) is 0 Å². The number of phenolic OH excluding ortho intramolecular Hbond substituents is 1. The van der Waals surface area contributed by atoms with Gasteiger partial charge < -0.3 is 15.4 Å². The fourth-order valence-corrected chi connectivity index (χ4v) is 3.48. The molecular formula is C23H20N4O4. The number of carbonyl (C=O) groups is 1. The number of imidazole rings is 1. The molecule has 1 heterocycles. The van der Waals surface area contributed by atoms with Crippen LogP contribution in [-0.2, 0) is 17.6 Å². The van der Waals surface area contributed by atoms with Crippen molar-refractivity contribution in [1.82, 2.24) is 15.3 Å². The Bertz CT molecular complexity index is 1200. The number of rotatable bonds is 7. The van der Waals surface area contributed by atoms with E-state index >= 15 is 0 Å². The first kappa shape index (κ1) is 20.1. The normalized spacial score (nSPS) is 11.9.